The van der Waals surface area contributed by atoms with E-state index in [4.69, 9.17) is 0 Å². The summed E-state index contributed by atoms with van der Waals surface area (Å²) >= 11 is 0. The maximum atomic E-state index is 11.9. The Kier molecular flexibility index (Phi) is 2.90. The molecule has 3 amide bonds. The van der Waals surface area contributed by atoms with Gasteiger partial charge in [0.1, 0.15) is 5.54 Å². The van der Waals surface area contributed by atoms with Crippen molar-refractivity contribution in [2.75, 3.05) is 0 Å². The highest BCUT2D eigenvalue weighted by Gasteiger charge is 2.58. The number of rotatable bonds is 4. The van der Waals surface area contributed by atoms with Gasteiger partial charge < -0.3 is 5.32 Å². The number of carbonyl (C=O) groups is 3. The van der Waals surface area contributed by atoms with Crippen LogP contribution in [0.2, 0.25) is 0 Å². The monoisotopic (exact) mass is 246 g/mol. The van der Waals surface area contributed by atoms with Gasteiger partial charge in [0.05, 0.1) is 0 Å². The fourth-order valence-electron chi connectivity index (χ4n) is 2.30. The van der Waals surface area contributed by atoms with Crippen LogP contribution in [0.4, 0.5) is 0 Å². The normalized spacial score (nSPS) is 30.0. The van der Waals surface area contributed by atoms with Crippen LogP contribution >= 0.6 is 0 Å². The summed E-state index contributed by atoms with van der Waals surface area (Å²) in [4.78, 5) is 35.0. The Balaban J connectivity index is 2.11. The standard InChI is InChI=1S/C13H14N2O3/c1-3-5-8(4-2)11(17)15-13-6-9(7-13)10(16)14-12(13)18/h3-5,9H,1-2,6-7H2,(H,15,17)(H,14,16,18)/b8-5+. The minimum atomic E-state index is -0.932. The van der Waals surface area contributed by atoms with Crippen LogP contribution < -0.4 is 10.6 Å². The smallest absolute Gasteiger partial charge is 0.252 e. The van der Waals surface area contributed by atoms with Crippen molar-refractivity contribution in [3.63, 3.8) is 0 Å². The van der Waals surface area contributed by atoms with Crippen molar-refractivity contribution in [2.24, 2.45) is 5.92 Å². The minimum Gasteiger partial charge on any atom is -0.338 e. The highest BCUT2D eigenvalue weighted by molar-refractivity contribution is 6.10. The number of allylic oxidation sites excluding steroid dienone is 2. The molecule has 0 aromatic rings. The lowest BCUT2D eigenvalue weighted by atomic mass is 9.64. The van der Waals surface area contributed by atoms with Gasteiger partial charge in [-0.05, 0) is 12.8 Å². The number of hydrogen-bond acceptors (Lipinski definition) is 3. The van der Waals surface area contributed by atoms with E-state index in [2.05, 4.69) is 23.8 Å². The van der Waals surface area contributed by atoms with Gasteiger partial charge in [-0.3, -0.25) is 19.7 Å². The average molecular weight is 246 g/mol. The number of carbonyl (C=O) groups excluding carboxylic acids is 3. The average Bonchev–Trinajstić information content (AvgIpc) is 2.27. The summed E-state index contributed by atoms with van der Waals surface area (Å²) in [7, 11) is 0. The van der Waals surface area contributed by atoms with Gasteiger partial charge in [-0.25, -0.2) is 0 Å². The molecule has 0 atom stereocenters. The Morgan fingerprint density at radius 1 is 1.39 bits per heavy atom. The van der Waals surface area contributed by atoms with Crippen molar-refractivity contribution < 1.29 is 14.4 Å². The highest BCUT2D eigenvalue weighted by atomic mass is 16.2. The molecular formula is C13H14N2O3. The summed E-state index contributed by atoms with van der Waals surface area (Å²) in [6.45, 7) is 7.03. The molecule has 2 saturated heterocycles. The minimum absolute atomic E-state index is 0.168. The molecule has 0 unspecified atom stereocenters. The van der Waals surface area contributed by atoms with E-state index in [1.54, 1.807) is 0 Å². The summed E-state index contributed by atoms with van der Waals surface area (Å²) in [6, 6.07) is 0. The van der Waals surface area contributed by atoms with Crippen LogP contribution in [0.3, 0.4) is 0 Å². The molecule has 2 aliphatic heterocycles. The maximum Gasteiger partial charge on any atom is 0.252 e. The van der Waals surface area contributed by atoms with Crippen molar-refractivity contribution in [2.45, 2.75) is 18.4 Å². The quantitative estimate of drug-likeness (QED) is 0.423. The van der Waals surface area contributed by atoms with Crippen molar-refractivity contribution in [1.29, 1.82) is 0 Å². The first-order valence-corrected chi connectivity index (χ1v) is 5.65. The second-order valence-electron chi connectivity index (χ2n) is 4.52. The zero-order chi connectivity index (χ0) is 13.3. The van der Waals surface area contributed by atoms with Crippen LogP contribution in [0.5, 0.6) is 0 Å². The number of imide groups is 1. The van der Waals surface area contributed by atoms with Gasteiger partial charge in [-0.15, -0.1) is 0 Å². The first-order valence-electron chi connectivity index (χ1n) is 5.65. The Hall–Kier alpha value is -2.17. The summed E-state index contributed by atoms with van der Waals surface area (Å²) in [5, 5.41) is 4.93. The summed E-state index contributed by atoms with van der Waals surface area (Å²) in [6.07, 6.45) is 5.14. The molecule has 3 rings (SSSR count). The van der Waals surface area contributed by atoms with Crippen molar-refractivity contribution in [3.8, 4) is 0 Å². The van der Waals surface area contributed by atoms with E-state index >= 15 is 0 Å². The Bertz CT molecular complexity index is 484. The Morgan fingerprint density at radius 3 is 2.56 bits per heavy atom. The molecule has 0 radical (unpaired) electrons. The molecule has 5 nitrogen and oxygen atoms in total. The predicted octanol–water partition coefficient (Wildman–Crippen LogP) is 0.206. The third-order valence-electron chi connectivity index (χ3n) is 3.36. The molecule has 2 heterocycles. The van der Waals surface area contributed by atoms with E-state index in [0.717, 1.165) is 0 Å². The molecule has 1 saturated carbocycles. The molecule has 2 N–H and O–H groups in total. The van der Waals surface area contributed by atoms with Gasteiger partial charge in [-0.2, -0.15) is 0 Å². The largest absolute Gasteiger partial charge is 0.338 e. The SMILES string of the molecule is C=C/C=C(\C=C)C(=O)NC12CC(C1)C(=O)NC2=O. The zero-order valence-corrected chi connectivity index (χ0v) is 9.86. The van der Waals surface area contributed by atoms with Crippen molar-refractivity contribution in [1.82, 2.24) is 10.6 Å². The van der Waals surface area contributed by atoms with Gasteiger partial charge in [-0.1, -0.05) is 31.4 Å². The maximum absolute atomic E-state index is 11.9. The van der Waals surface area contributed by atoms with E-state index in [-0.39, 0.29) is 17.7 Å². The number of nitrogens with one attached hydrogen (secondary N) is 2. The summed E-state index contributed by atoms with van der Waals surface area (Å²) < 4.78 is 0. The molecule has 2 bridgehead atoms. The van der Waals surface area contributed by atoms with Crippen molar-refractivity contribution >= 4 is 17.7 Å². The second kappa shape index (κ2) is 4.25. The van der Waals surface area contributed by atoms with E-state index in [1.165, 1.54) is 18.2 Å². The lowest BCUT2D eigenvalue weighted by molar-refractivity contribution is -0.155. The van der Waals surface area contributed by atoms with Gasteiger partial charge in [0.15, 0.2) is 0 Å². The summed E-state index contributed by atoms with van der Waals surface area (Å²) in [5.41, 5.74) is -0.591. The molecule has 0 aromatic heterocycles. The van der Waals surface area contributed by atoms with E-state index in [0.29, 0.717) is 18.4 Å². The van der Waals surface area contributed by atoms with Crippen LogP contribution in [-0.4, -0.2) is 23.3 Å². The molecular weight excluding hydrogens is 232 g/mol. The Morgan fingerprint density at radius 2 is 2.06 bits per heavy atom. The molecule has 3 aliphatic rings. The van der Waals surface area contributed by atoms with E-state index in [1.807, 2.05) is 0 Å². The van der Waals surface area contributed by atoms with Crippen LogP contribution in [0.1, 0.15) is 12.8 Å². The molecule has 3 fully saturated rings. The molecule has 18 heavy (non-hydrogen) atoms. The van der Waals surface area contributed by atoms with Gasteiger partial charge in [0, 0.05) is 11.5 Å². The fourth-order valence-corrected chi connectivity index (χ4v) is 2.30. The fraction of sp³-hybridized carbons (Fsp3) is 0.308. The number of piperidine rings is 2. The molecule has 1 aliphatic carbocycles. The van der Waals surface area contributed by atoms with Crippen LogP contribution in [0.15, 0.2) is 37.0 Å². The van der Waals surface area contributed by atoms with Crippen LogP contribution in [0.25, 0.3) is 0 Å². The zero-order valence-electron chi connectivity index (χ0n) is 9.86. The predicted molar refractivity (Wildman–Crippen MR) is 65.2 cm³/mol. The molecule has 0 spiro atoms. The Labute approximate surface area is 105 Å². The first kappa shape index (κ1) is 12.3. The van der Waals surface area contributed by atoms with Crippen molar-refractivity contribution in [3.05, 3.63) is 37.0 Å². The van der Waals surface area contributed by atoms with Gasteiger partial charge in [0.2, 0.25) is 5.91 Å². The van der Waals surface area contributed by atoms with E-state index in [9.17, 15) is 14.4 Å². The number of hydrogen-bond donors (Lipinski definition) is 2. The topological polar surface area (TPSA) is 75.3 Å². The number of fused-ring (bicyclic) bond motifs is 2. The first-order chi connectivity index (χ1) is 8.52. The van der Waals surface area contributed by atoms with E-state index < -0.39 is 11.4 Å². The highest BCUT2D eigenvalue weighted by Crippen LogP contribution is 2.41. The lowest BCUT2D eigenvalue weighted by Gasteiger charge is -2.49. The molecule has 5 heteroatoms. The van der Waals surface area contributed by atoms with Crippen LogP contribution in [-0.2, 0) is 14.4 Å². The second-order valence-corrected chi connectivity index (χ2v) is 4.52. The molecule has 0 aromatic carbocycles. The van der Waals surface area contributed by atoms with Gasteiger partial charge in [0.25, 0.3) is 11.8 Å². The lowest BCUT2D eigenvalue weighted by Crippen LogP contribution is -2.73. The third-order valence-corrected chi connectivity index (χ3v) is 3.36. The van der Waals surface area contributed by atoms with Gasteiger partial charge >= 0.3 is 0 Å². The van der Waals surface area contributed by atoms with Crippen LogP contribution in [0, 0.1) is 5.92 Å². The molecule has 94 valence electrons. The summed E-state index contributed by atoms with van der Waals surface area (Å²) in [5.74, 6) is -1.22. The third kappa shape index (κ3) is 1.77. The number of amides is 3.